The Bertz CT molecular complexity index is 1180. The maximum atomic E-state index is 12.9. The second-order valence-corrected chi connectivity index (χ2v) is 9.70. The van der Waals surface area contributed by atoms with Crippen LogP contribution in [0.3, 0.4) is 0 Å². The lowest BCUT2D eigenvalue weighted by atomic mass is 10.1. The minimum atomic E-state index is -3.74. The van der Waals surface area contributed by atoms with Crippen LogP contribution in [0.1, 0.15) is 19.4 Å². The summed E-state index contributed by atoms with van der Waals surface area (Å²) in [6.45, 7) is 3.97. The van der Waals surface area contributed by atoms with Crippen molar-refractivity contribution >= 4 is 27.5 Å². The normalized spacial score (nSPS) is 13.3. The van der Waals surface area contributed by atoms with E-state index in [0.29, 0.717) is 43.3 Å². The third kappa shape index (κ3) is 5.85. The Balaban J connectivity index is 1.72. The summed E-state index contributed by atoms with van der Waals surface area (Å²) in [6.07, 6.45) is 0.513. The van der Waals surface area contributed by atoms with Gasteiger partial charge >= 0.3 is 0 Å². The number of benzene rings is 2. The monoisotopic (exact) mass is 505 g/mol. The van der Waals surface area contributed by atoms with Gasteiger partial charge in [0.1, 0.15) is 23.8 Å². The van der Waals surface area contributed by atoms with Crippen LogP contribution < -0.4 is 24.4 Å². The molecule has 3 rings (SSSR count). The first-order valence-electron chi connectivity index (χ1n) is 11.3. The van der Waals surface area contributed by atoms with Gasteiger partial charge in [0.15, 0.2) is 6.61 Å². The molecule has 1 aliphatic heterocycles. The number of hydrogen-bond acceptors (Lipinski definition) is 7. The van der Waals surface area contributed by atoms with E-state index in [0.717, 1.165) is 5.56 Å². The van der Waals surface area contributed by atoms with Crippen molar-refractivity contribution < 1.29 is 32.2 Å². The van der Waals surface area contributed by atoms with Gasteiger partial charge in [-0.2, -0.15) is 4.31 Å². The van der Waals surface area contributed by atoms with E-state index in [2.05, 4.69) is 5.32 Å². The molecule has 0 spiro atoms. The lowest BCUT2D eigenvalue weighted by Crippen LogP contribution is -2.45. The van der Waals surface area contributed by atoms with Crippen molar-refractivity contribution in [3.8, 4) is 17.2 Å². The van der Waals surface area contributed by atoms with Gasteiger partial charge in [-0.15, -0.1) is 0 Å². The molecule has 0 saturated heterocycles. The lowest BCUT2D eigenvalue weighted by molar-refractivity contribution is -0.125. The Morgan fingerprint density at radius 3 is 2.51 bits per heavy atom. The van der Waals surface area contributed by atoms with E-state index in [1.54, 1.807) is 34.1 Å². The molecule has 190 valence electrons. The van der Waals surface area contributed by atoms with Gasteiger partial charge in [-0.1, -0.05) is 19.9 Å². The van der Waals surface area contributed by atoms with E-state index in [9.17, 15) is 18.0 Å². The van der Waals surface area contributed by atoms with Crippen LogP contribution in [0.15, 0.2) is 41.3 Å². The number of carbonyl (C=O) groups is 2. The molecule has 0 saturated carbocycles. The van der Waals surface area contributed by atoms with Crippen LogP contribution in [-0.4, -0.2) is 71.5 Å². The van der Waals surface area contributed by atoms with Gasteiger partial charge in [-0.3, -0.25) is 14.5 Å². The van der Waals surface area contributed by atoms with Gasteiger partial charge in [0.25, 0.3) is 5.91 Å². The molecular formula is C24H31N3O7S. The fourth-order valence-corrected chi connectivity index (χ4v) is 5.30. The molecule has 0 fully saturated rings. The highest BCUT2D eigenvalue weighted by Gasteiger charge is 2.30. The average molecular weight is 506 g/mol. The first-order valence-corrected chi connectivity index (χ1v) is 12.7. The molecule has 35 heavy (non-hydrogen) atoms. The third-order valence-electron chi connectivity index (χ3n) is 5.73. The highest BCUT2D eigenvalue weighted by Crippen LogP contribution is 2.35. The molecule has 0 atom stereocenters. The molecule has 0 aromatic heterocycles. The number of hydrogen-bond donors (Lipinski definition) is 1. The van der Waals surface area contributed by atoms with E-state index in [-0.39, 0.29) is 29.6 Å². The number of fused-ring (bicyclic) bond motifs is 1. The van der Waals surface area contributed by atoms with Crippen molar-refractivity contribution in [3.63, 3.8) is 0 Å². The number of anilines is 1. The van der Waals surface area contributed by atoms with Crippen molar-refractivity contribution in [2.75, 3.05) is 51.9 Å². The molecule has 2 amide bonds. The van der Waals surface area contributed by atoms with E-state index in [1.165, 1.54) is 27.4 Å². The Morgan fingerprint density at radius 1 is 1.11 bits per heavy atom. The van der Waals surface area contributed by atoms with E-state index in [4.69, 9.17) is 14.2 Å². The topological polar surface area (TPSA) is 114 Å². The third-order valence-corrected chi connectivity index (χ3v) is 7.77. The van der Waals surface area contributed by atoms with Gasteiger partial charge in [-0.05, 0) is 36.2 Å². The molecule has 10 nitrogen and oxygen atoms in total. The van der Waals surface area contributed by atoms with Crippen molar-refractivity contribution in [2.24, 2.45) is 0 Å². The molecule has 1 N–H and O–H groups in total. The van der Waals surface area contributed by atoms with Crippen LogP contribution in [0.5, 0.6) is 17.2 Å². The summed E-state index contributed by atoms with van der Waals surface area (Å²) in [5.41, 5.74) is 1.15. The van der Waals surface area contributed by atoms with Gasteiger partial charge in [0, 0.05) is 25.7 Å². The molecule has 0 unspecified atom stereocenters. The van der Waals surface area contributed by atoms with Crippen molar-refractivity contribution in [1.29, 1.82) is 0 Å². The summed E-state index contributed by atoms with van der Waals surface area (Å²) < 4.78 is 43.2. The number of sulfonamides is 1. The SMILES string of the molecule is CCN(CC)S(=O)(=O)c1ccc2c(c1)N(CC(=O)NCCc1ccc(OC)cc1OC)C(=O)CO2. The molecule has 0 bridgehead atoms. The Hall–Kier alpha value is -3.31. The summed E-state index contributed by atoms with van der Waals surface area (Å²) in [7, 11) is -0.608. The quantitative estimate of drug-likeness (QED) is 0.495. The minimum Gasteiger partial charge on any atom is -0.497 e. The van der Waals surface area contributed by atoms with Gasteiger partial charge < -0.3 is 19.5 Å². The predicted molar refractivity (Wildman–Crippen MR) is 131 cm³/mol. The first-order chi connectivity index (χ1) is 16.7. The first kappa shape index (κ1) is 26.3. The molecular weight excluding hydrogens is 474 g/mol. The van der Waals surface area contributed by atoms with Crippen molar-refractivity contribution in [3.05, 3.63) is 42.0 Å². The summed E-state index contributed by atoms with van der Waals surface area (Å²) in [5, 5.41) is 2.80. The minimum absolute atomic E-state index is 0.0373. The van der Waals surface area contributed by atoms with Crippen LogP contribution >= 0.6 is 0 Å². The number of rotatable bonds is 11. The van der Waals surface area contributed by atoms with Crippen LogP contribution in [0, 0.1) is 0 Å². The maximum Gasteiger partial charge on any atom is 0.265 e. The molecule has 1 heterocycles. The van der Waals surface area contributed by atoms with Gasteiger partial charge in [0.2, 0.25) is 15.9 Å². The Kier molecular flexibility index (Phi) is 8.57. The number of nitrogens with zero attached hydrogens (tertiary/aromatic N) is 2. The number of nitrogens with one attached hydrogen (secondary N) is 1. The molecule has 2 aromatic rings. The zero-order chi connectivity index (χ0) is 25.6. The van der Waals surface area contributed by atoms with Crippen LogP contribution in [0.4, 0.5) is 5.69 Å². The molecule has 0 aliphatic carbocycles. The number of ether oxygens (including phenoxy) is 3. The fourth-order valence-electron chi connectivity index (χ4n) is 3.82. The average Bonchev–Trinajstić information content (AvgIpc) is 2.86. The molecule has 0 radical (unpaired) electrons. The standard InChI is InChI=1S/C24H31N3O7S/c1-5-26(6-2)35(30,31)19-9-10-21-20(14-19)27(24(29)16-34-21)15-23(28)25-12-11-17-7-8-18(32-3)13-22(17)33-4/h7-10,13-14H,5-6,11-12,15-16H2,1-4H3,(H,25,28). The number of amides is 2. The zero-order valence-electron chi connectivity index (χ0n) is 20.4. The second kappa shape index (κ2) is 11.4. The van der Waals surface area contributed by atoms with E-state index < -0.39 is 15.9 Å². The maximum absolute atomic E-state index is 12.9. The van der Waals surface area contributed by atoms with Gasteiger partial charge in [-0.25, -0.2) is 8.42 Å². The van der Waals surface area contributed by atoms with Crippen LogP contribution in [-0.2, 0) is 26.0 Å². The summed E-state index contributed by atoms with van der Waals surface area (Å²) >= 11 is 0. The number of carbonyl (C=O) groups excluding carboxylic acids is 2. The van der Waals surface area contributed by atoms with Crippen LogP contribution in [0.25, 0.3) is 0 Å². The largest absolute Gasteiger partial charge is 0.497 e. The zero-order valence-corrected chi connectivity index (χ0v) is 21.2. The predicted octanol–water partition coefficient (Wildman–Crippen LogP) is 1.82. The Labute approximate surface area is 205 Å². The summed E-state index contributed by atoms with van der Waals surface area (Å²) in [4.78, 5) is 26.5. The molecule has 1 aliphatic rings. The lowest BCUT2D eigenvalue weighted by Gasteiger charge is -2.29. The van der Waals surface area contributed by atoms with Crippen molar-refractivity contribution in [2.45, 2.75) is 25.2 Å². The van der Waals surface area contributed by atoms with Crippen LogP contribution in [0.2, 0.25) is 0 Å². The van der Waals surface area contributed by atoms with Gasteiger partial charge in [0.05, 0.1) is 24.8 Å². The van der Waals surface area contributed by atoms with Crippen molar-refractivity contribution in [1.82, 2.24) is 9.62 Å². The summed E-state index contributed by atoms with van der Waals surface area (Å²) in [6, 6.07) is 9.79. The smallest absolute Gasteiger partial charge is 0.265 e. The molecule has 11 heteroatoms. The highest BCUT2D eigenvalue weighted by molar-refractivity contribution is 7.89. The van der Waals surface area contributed by atoms with E-state index in [1.807, 2.05) is 12.1 Å². The fraction of sp³-hybridized carbons (Fsp3) is 0.417. The number of methoxy groups -OCH3 is 2. The molecule has 2 aromatic carbocycles. The highest BCUT2D eigenvalue weighted by atomic mass is 32.2. The van der Waals surface area contributed by atoms with E-state index >= 15 is 0 Å². The summed E-state index contributed by atoms with van der Waals surface area (Å²) in [5.74, 6) is 0.857. The second-order valence-electron chi connectivity index (χ2n) is 7.77. The Morgan fingerprint density at radius 2 is 1.86 bits per heavy atom.